The molecule has 0 aromatic heterocycles. The Balaban J connectivity index is 1.77. The van der Waals surface area contributed by atoms with E-state index < -0.39 is 11.5 Å². The lowest BCUT2D eigenvalue weighted by atomic mass is 9.84. The molecule has 2 fully saturated rings. The number of rotatable bonds is 10. The fraction of sp³-hybridized carbons (Fsp3) is 0.938. The van der Waals surface area contributed by atoms with Crippen molar-refractivity contribution < 1.29 is 14.6 Å². The van der Waals surface area contributed by atoms with E-state index in [2.05, 4.69) is 12.2 Å². The van der Waals surface area contributed by atoms with Gasteiger partial charge in [0, 0.05) is 19.3 Å². The first-order valence-corrected chi connectivity index (χ1v) is 8.28. The van der Waals surface area contributed by atoms with Crippen LogP contribution in [0.15, 0.2) is 0 Å². The SMILES string of the molecule is CCCCCOCCC1CCCC1(NC1CC1)C(=O)O. The number of carboxylic acid groups (broad SMARTS) is 1. The number of hydrogen-bond donors (Lipinski definition) is 2. The number of nitrogens with one attached hydrogen (secondary N) is 1. The van der Waals surface area contributed by atoms with Gasteiger partial charge in [-0.2, -0.15) is 0 Å². The highest BCUT2D eigenvalue weighted by atomic mass is 16.5. The molecule has 0 heterocycles. The van der Waals surface area contributed by atoms with Crippen molar-refractivity contribution in [1.29, 1.82) is 0 Å². The predicted octanol–water partition coefficient (Wildman–Crippen LogP) is 2.96. The molecule has 0 amide bonds. The van der Waals surface area contributed by atoms with Gasteiger partial charge in [0.05, 0.1) is 0 Å². The molecule has 0 saturated heterocycles. The summed E-state index contributed by atoms with van der Waals surface area (Å²) in [5.74, 6) is -0.426. The van der Waals surface area contributed by atoms with Crippen molar-refractivity contribution in [1.82, 2.24) is 5.32 Å². The van der Waals surface area contributed by atoms with Crippen molar-refractivity contribution in [2.45, 2.75) is 76.3 Å². The van der Waals surface area contributed by atoms with E-state index in [0.29, 0.717) is 12.6 Å². The van der Waals surface area contributed by atoms with Crippen LogP contribution in [0.2, 0.25) is 0 Å². The number of hydrogen-bond acceptors (Lipinski definition) is 3. The maximum absolute atomic E-state index is 11.8. The molecule has 2 rings (SSSR count). The smallest absolute Gasteiger partial charge is 0.324 e. The molecule has 2 unspecified atom stereocenters. The topological polar surface area (TPSA) is 58.6 Å². The predicted molar refractivity (Wildman–Crippen MR) is 78.8 cm³/mol. The fourth-order valence-electron chi connectivity index (χ4n) is 3.38. The Kier molecular flexibility index (Phi) is 5.85. The molecule has 2 N–H and O–H groups in total. The lowest BCUT2D eigenvalue weighted by Crippen LogP contribution is -2.55. The highest BCUT2D eigenvalue weighted by Gasteiger charge is 2.50. The summed E-state index contributed by atoms with van der Waals surface area (Å²) in [5.41, 5.74) is -0.673. The molecule has 0 aliphatic heterocycles. The highest BCUT2D eigenvalue weighted by molar-refractivity contribution is 5.80. The molecule has 0 radical (unpaired) electrons. The van der Waals surface area contributed by atoms with Crippen LogP contribution in [-0.4, -0.2) is 35.9 Å². The second kappa shape index (κ2) is 7.41. The first-order valence-electron chi connectivity index (χ1n) is 8.28. The monoisotopic (exact) mass is 283 g/mol. The average Bonchev–Trinajstić information content (AvgIpc) is 3.13. The molecule has 20 heavy (non-hydrogen) atoms. The molecular formula is C16H29NO3. The first kappa shape index (κ1) is 15.8. The van der Waals surface area contributed by atoms with Crippen LogP contribution in [0.1, 0.15) is 64.7 Å². The number of unbranched alkanes of at least 4 members (excludes halogenated alkanes) is 2. The normalized spacial score (nSPS) is 29.8. The van der Waals surface area contributed by atoms with Crippen LogP contribution in [0, 0.1) is 5.92 Å². The van der Waals surface area contributed by atoms with E-state index in [9.17, 15) is 9.90 Å². The van der Waals surface area contributed by atoms with Crippen molar-refractivity contribution in [3.05, 3.63) is 0 Å². The molecule has 4 heteroatoms. The van der Waals surface area contributed by atoms with E-state index in [1.165, 1.54) is 12.8 Å². The zero-order valence-electron chi connectivity index (χ0n) is 12.7. The van der Waals surface area contributed by atoms with Gasteiger partial charge in [0.15, 0.2) is 0 Å². The Labute approximate surface area is 122 Å². The van der Waals surface area contributed by atoms with E-state index in [4.69, 9.17) is 4.74 Å². The van der Waals surface area contributed by atoms with E-state index in [1.54, 1.807) is 0 Å². The second-order valence-electron chi connectivity index (χ2n) is 6.39. The molecule has 116 valence electrons. The van der Waals surface area contributed by atoms with Crippen LogP contribution >= 0.6 is 0 Å². The third-order valence-electron chi connectivity index (χ3n) is 4.74. The Morgan fingerprint density at radius 3 is 2.75 bits per heavy atom. The summed E-state index contributed by atoms with van der Waals surface area (Å²) in [5, 5.41) is 13.1. The highest BCUT2D eigenvalue weighted by Crippen LogP contribution is 2.40. The van der Waals surface area contributed by atoms with Crippen molar-refractivity contribution in [3.8, 4) is 0 Å². The molecule has 2 aliphatic rings. The zero-order chi connectivity index (χ0) is 14.4. The molecule has 0 aromatic rings. The van der Waals surface area contributed by atoms with Crippen LogP contribution < -0.4 is 5.32 Å². The molecule has 0 spiro atoms. The number of carbonyl (C=O) groups is 1. The summed E-state index contributed by atoms with van der Waals surface area (Å²) in [4.78, 5) is 11.8. The average molecular weight is 283 g/mol. The molecule has 4 nitrogen and oxygen atoms in total. The fourth-order valence-corrected chi connectivity index (χ4v) is 3.38. The van der Waals surface area contributed by atoms with Crippen LogP contribution in [-0.2, 0) is 9.53 Å². The van der Waals surface area contributed by atoms with Crippen molar-refractivity contribution >= 4 is 5.97 Å². The van der Waals surface area contributed by atoms with Gasteiger partial charge in [-0.25, -0.2) is 0 Å². The summed E-state index contributed by atoms with van der Waals surface area (Å²) in [6.07, 6.45) is 9.50. The van der Waals surface area contributed by atoms with Crippen molar-refractivity contribution in [2.75, 3.05) is 13.2 Å². The molecule has 2 atom stereocenters. The summed E-state index contributed by atoms with van der Waals surface area (Å²) < 4.78 is 5.67. The maximum Gasteiger partial charge on any atom is 0.324 e. The molecular weight excluding hydrogens is 254 g/mol. The van der Waals surface area contributed by atoms with E-state index in [1.807, 2.05) is 0 Å². The largest absolute Gasteiger partial charge is 0.480 e. The van der Waals surface area contributed by atoms with Crippen LogP contribution in [0.3, 0.4) is 0 Å². The Morgan fingerprint density at radius 1 is 1.30 bits per heavy atom. The Morgan fingerprint density at radius 2 is 2.10 bits per heavy atom. The summed E-state index contributed by atoms with van der Waals surface area (Å²) in [7, 11) is 0. The third-order valence-corrected chi connectivity index (χ3v) is 4.74. The summed E-state index contributed by atoms with van der Waals surface area (Å²) in [6.45, 7) is 3.70. The maximum atomic E-state index is 11.8. The minimum absolute atomic E-state index is 0.228. The molecule has 2 aliphatic carbocycles. The number of ether oxygens (including phenoxy) is 1. The van der Waals surface area contributed by atoms with Gasteiger partial charge in [0.25, 0.3) is 0 Å². The van der Waals surface area contributed by atoms with Gasteiger partial charge in [-0.1, -0.05) is 26.2 Å². The zero-order valence-corrected chi connectivity index (χ0v) is 12.7. The molecule has 0 aromatic carbocycles. The minimum Gasteiger partial charge on any atom is -0.480 e. The van der Waals surface area contributed by atoms with Gasteiger partial charge in [0.2, 0.25) is 0 Å². The summed E-state index contributed by atoms with van der Waals surface area (Å²) >= 11 is 0. The lowest BCUT2D eigenvalue weighted by molar-refractivity contribution is -0.147. The van der Waals surface area contributed by atoms with E-state index in [-0.39, 0.29) is 5.92 Å². The Bertz CT molecular complexity index is 317. The number of aliphatic carboxylic acids is 1. The molecule has 0 bridgehead atoms. The van der Waals surface area contributed by atoms with Gasteiger partial charge in [-0.05, 0) is 44.4 Å². The van der Waals surface area contributed by atoms with E-state index in [0.717, 1.165) is 51.6 Å². The van der Waals surface area contributed by atoms with Crippen LogP contribution in [0.5, 0.6) is 0 Å². The summed E-state index contributed by atoms with van der Waals surface area (Å²) in [6, 6.07) is 0.442. The number of carboxylic acids is 1. The van der Waals surface area contributed by atoms with Gasteiger partial charge in [-0.15, -0.1) is 0 Å². The second-order valence-corrected chi connectivity index (χ2v) is 6.39. The minimum atomic E-state index is -0.673. The third kappa shape index (κ3) is 3.95. The standard InChI is InChI=1S/C16H29NO3/c1-2-3-4-11-20-12-9-13-6-5-10-16(13,15(18)19)17-14-7-8-14/h13-14,17H,2-12H2,1H3,(H,18,19). The van der Waals surface area contributed by atoms with Gasteiger partial charge in [-0.3, -0.25) is 10.1 Å². The van der Waals surface area contributed by atoms with E-state index >= 15 is 0 Å². The lowest BCUT2D eigenvalue weighted by Gasteiger charge is -2.32. The first-order chi connectivity index (χ1) is 9.69. The van der Waals surface area contributed by atoms with Crippen molar-refractivity contribution in [3.63, 3.8) is 0 Å². The van der Waals surface area contributed by atoms with Crippen LogP contribution in [0.4, 0.5) is 0 Å². The van der Waals surface area contributed by atoms with Gasteiger partial charge in [0.1, 0.15) is 5.54 Å². The van der Waals surface area contributed by atoms with Gasteiger partial charge >= 0.3 is 5.97 Å². The molecule has 2 saturated carbocycles. The van der Waals surface area contributed by atoms with Crippen molar-refractivity contribution in [2.24, 2.45) is 5.92 Å². The Hall–Kier alpha value is -0.610. The quantitative estimate of drug-likeness (QED) is 0.605. The van der Waals surface area contributed by atoms with Gasteiger partial charge < -0.3 is 9.84 Å². The van der Waals surface area contributed by atoms with Crippen LogP contribution in [0.25, 0.3) is 0 Å².